The van der Waals surface area contributed by atoms with Crippen molar-refractivity contribution >= 4 is 41.9 Å². The number of aliphatic hydroxyl groups is 1. The summed E-state index contributed by atoms with van der Waals surface area (Å²) in [6, 6.07) is 23.8. The first-order chi connectivity index (χ1) is 17.9. The van der Waals surface area contributed by atoms with E-state index in [0.29, 0.717) is 5.56 Å². The number of nitrogens with zero attached hydrogens (tertiary/aromatic N) is 1. The standard InChI is InChI=1S/C29H33Cl2NO5Si/c1-27(2,3)38(20-12-8-6-9-13-20,21-14-10-7-11-15-21)34-18-22-25-26(37-28(4,5)36-25)29(33,35-22)19-16-23(30)32-24(31)17-19/h6-17,22,25-26,33H,18H2,1-5H3. The Morgan fingerprint density at radius 3 is 1.92 bits per heavy atom. The van der Waals surface area contributed by atoms with E-state index in [1.165, 1.54) is 12.1 Å². The van der Waals surface area contributed by atoms with Gasteiger partial charge in [0.15, 0.2) is 5.79 Å². The summed E-state index contributed by atoms with van der Waals surface area (Å²) in [4.78, 5) is 4.01. The van der Waals surface area contributed by atoms with Gasteiger partial charge in [0, 0.05) is 5.56 Å². The molecular formula is C29H33Cl2NO5Si. The summed E-state index contributed by atoms with van der Waals surface area (Å²) in [7, 11) is -2.85. The fraction of sp³-hybridized carbons (Fsp3) is 0.414. The molecule has 0 radical (unpaired) electrons. The Kier molecular flexibility index (Phi) is 7.29. The molecule has 0 bridgehead atoms. The average Bonchev–Trinajstić information content (AvgIpc) is 3.31. The van der Waals surface area contributed by atoms with Crippen LogP contribution in [0.15, 0.2) is 72.8 Å². The van der Waals surface area contributed by atoms with Crippen molar-refractivity contribution < 1.29 is 23.7 Å². The molecule has 5 rings (SSSR count). The average molecular weight is 575 g/mol. The van der Waals surface area contributed by atoms with Crippen LogP contribution < -0.4 is 10.4 Å². The molecule has 6 nitrogen and oxygen atoms in total. The van der Waals surface area contributed by atoms with E-state index in [2.05, 4.69) is 50.0 Å². The Balaban J connectivity index is 1.55. The Labute approximate surface area is 234 Å². The van der Waals surface area contributed by atoms with Gasteiger partial charge in [-0.2, -0.15) is 0 Å². The number of aromatic nitrogens is 1. The van der Waals surface area contributed by atoms with Gasteiger partial charge >= 0.3 is 0 Å². The molecule has 0 aliphatic carbocycles. The molecular weight excluding hydrogens is 541 g/mol. The van der Waals surface area contributed by atoms with Crippen LogP contribution in [0, 0.1) is 0 Å². The first-order valence-corrected chi connectivity index (χ1v) is 15.4. The van der Waals surface area contributed by atoms with E-state index in [4.69, 9.17) is 41.8 Å². The summed E-state index contributed by atoms with van der Waals surface area (Å²) >= 11 is 12.4. The maximum absolute atomic E-state index is 11.9. The molecule has 2 fully saturated rings. The summed E-state index contributed by atoms with van der Waals surface area (Å²) in [5, 5.41) is 14.3. The van der Waals surface area contributed by atoms with Gasteiger partial charge < -0.3 is 23.7 Å². The molecule has 0 amide bonds. The predicted octanol–water partition coefficient (Wildman–Crippen LogP) is 5.03. The molecule has 2 aliphatic rings. The van der Waals surface area contributed by atoms with Gasteiger partial charge in [-0.3, -0.25) is 0 Å². The number of hydrogen-bond acceptors (Lipinski definition) is 6. The zero-order valence-corrected chi connectivity index (χ0v) is 24.7. The monoisotopic (exact) mass is 573 g/mol. The fourth-order valence-electron chi connectivity index (χ4n) is 5.73. The number of hydrogen-bond donors (Lipinski definition) is 1. The van der Waals surface area contributed by atoms with Crippen molar-refractivity contribution in [1.82, 2.24) is 4.98 Å². The van der Waals surface area contributed by atoms with E-state index >= 15 is 0 Å². The number of halogens is 2. The highest BCUT2D eigenvalue weighted by Crippen LogP contribution is 2.49. The minimum atomic E-state index is -2.85. The van der Waals surface area contributed by atoms with Gasteiger partial charge in [0.1, 0.15) is 28.6 Å². The first-order valence-electron chi connectivity index (χ1n) is 12.7. The van der Waals surface area contributed by atoms with Gasteiger partial charge in [0.2, 0.25) is 5.79 Å². The van der Waals surface area contributed by atoms with Crippen molar-refractivity contribution in [3.63, 3.8) is 0 Å². The van der Waals surface area contributed by atoms with Gasteiger partial charge in [0.25, 0.3) is 8.32 Å². The number of rotatable bonds is 6. The van der Waals surface area contributed by atoms with Crippen LogP contribution in [0.1, 0.15) is 40.2 Å². The topological polar surface area (TPSA) is 70.0 Å². The minimum Gasteiger partial charge on any atom is -0.405 e. The Hall–Kier alpha value is -1.81. The highest BCUT2D eigenvalue weighted by Gasteiger charge is 2.64. The van der Waals surface area contributed by atoms with E-state index in [9.17, 15) is 5.11 Å². The molecule has 4 unspecified atom stereocenters. The second kappa shape index (κ2) is 9.98. The van der Waals surface area contributed by atoms with E-state index in [1.54, 1.807) is 0 Å². The molecule has 2 aliphatic heterocycles. The lowest BCUT2D eigenvalue weighted by molar-refractivity contribution is -0.283. The van der Waals surface area contributed by atoms with Gasteiger partial charge in [0.05, 0.1) is 6.61 Å². The number of fused-ring (bicyclic) bond motifs is 1. The number of benzene rings is 2. The largest absolute Gasteiger partial charge is 0.405 e. The zero-order valence-electron chi connectivity index (χ0n) is 22.2. The van der Waals surface area contributed by atoms with Crippen molar-refractivity contribution in [2.75, 3.05) is 6.61 Å². The van der Waals surface area contributed by atoms with Gasteiger partial charge in [-0.05, 0) is 41.4 Å². The molecule has 0 saturated carbocycles. The fourth-order valence-corrected chi connectivity index (χ4v) is 10.8. The Morgan fingerprint density at radius 2 is 1.42 bits per heavy atom. The summed E-state index contributed by atoms with van der Waals surface area (Å²) in [6.07, 6.45) is -2.03. The maximum atomic E-state index is 11.9. The van der Waals surface area contributed by atoms with Gasteiger partial charge in [-0.1, -0.05) is 105 Å². The van der Waals surface area contributed by atoms with Crippen LogP contribution in [0.25, 0.3) is 0 Å². The smallest absolute Gasteiger partial charge is 0.261 e. The van der Waals surface area contributed by atoms with E-state index in [1.807, 2.05) is 50.2 Å². The quantitative estimate of drug-likeness (QED) is 0.329. The van der Waals surface area contributed by atoms with E-state index in [-0.39, 0.29) is 22.0 Å². The summed E-state index contributed by atoms with van der Waals surface area (Å²) in [6.45, 7) is 10.5. The number of ether oxygens (including phenoxy) is 3. The van der Waals surface area contributed by atoms with Crippen LogP contribution in [-0.2, 0) is 24.4 Å². The summed E-state index contributed by atoms with van der Waals surface area (Å²) in [5.41, 5.74) is 0.353. The molecule has 2 saturated heterocycles. The van der Waals surface area contributed by atoms with E-state index < -0.39 is 38.2 Å². The summed E-state index contributed by atoms with van der Waals surface area (Å²) < 4.78 is 25.9. The number of pyridine rings is 1. The van der Waals surface area contributed by atoms with Crippen molar-refractivity contribution in [3.05, 3.63) is 88.7 Å². The molecule has 3 aromatic rings. The molecule has 0 spiro atoms. The van der Waals surface area contributed by atoms with Crippen LogP contribution in [0.5, 0.6) is 0 Å². The van der Waals surface area contributed by atoms with Crippen LogP contribution in [0.2, 0.25) is 15.3 Å². The van der Waals surface area contributed by atoms with Gasteiger partial charge in [-0.15, -0.1) is 0 Å². The van der Waals surface area contributed by atoms with Gasteiger partial charge in [-0.25, -0.2) is 4.98 Å². The molecule has 2 aromatic carbocycles. The molecule has 9 heteroatoms. The van der Waals surface area contributed by atoms with Crippen LogP contribution in [-0.4, -0.2) is 49.1 Å². The SMILES string of the molecule is CC1(C)OC2C(CO[Si](c3ccccc3)(c3ccccc3)C(C)(C)C)OC(O)(c3cc(Cl)nc(Cl)c3)C2O1. The van der Waals surface area contributed by atoms with Crippen LogP contribution >= 0.6 is 23.2 Å². The lowest BCUT2D eigenvalue weighted by Crippen LogP contribution is -2.67. The third-order valence-corrected chi connectivity index (χ3v) is 12.7. The molecule has 3 heterocycles. The lowest BCUT2D eigenvalue weighted by atomic mass is 9.99. The van der Waals surface area contributed by atoms with Crippen molar-refractivity contribution in [2.24, 2.45) is 0 Å². The van der Waals surface area contributed by atoms with Crippen LogP contribution in [0.4, 0.5) is 0 Å². The Bertz CT molecular complexity index is 1230. The second-order valence-corrected chi connectivity index (χ2v) is 16.4. The summed E-state index contributed by atoms with van der Waals surface area (Å²) in [5.74, 6) is -2.78. The third kappa shape index (κ3) is 4.84. The second-order valence-electron chi connectivity index (χ2n) is 11.3. The molecule has 38 heavy (non-hydrogen) atoms. The first kappa shape index (κ1) is 27.7. The lowest BCUT2D eigenvalue weighted by Gasteiger charge is -2.43. The Morgan fingerprint density at radius 1 is 0.895 bits per heavy atom. The third-order valence-electron chi connectivity index (χ3n) is 7.27. The van der Waals surface area contributed by atoms with Crippen molar-refractivity contribution in [3.8, 4) is 0 Å². The molecule has 202 valence electrons. The molecule has 1 N–H and O–H groups in total. The normalized spacial score (nSPS) is 26.9. The highest BCUT2D eigenvalue weighted by molar-refractivity contribution is 6.99. The molecule has 4 atom stereocenters. The van der Waals surface area contributed by atoms with Crippen molar-refractivity contribution in [2.45, 2.75) is 69.5 Å². The van der Waals surface area contributed by atoms with Crippen LogP contribution in [0.3, 0.4) is 0 Å². The minimum absolute atomic E-state index is 0.145. The molecule has 1 aromatic heterocycles. The van der Waals surface area contributed by atoms with E-state index in [0.717, 1.165) is 10.4 Å². The zero-order chi connectivity index (χ0) is 27.3. The highest BCUT2D eigenvalue weighted by atomic mass is 35.5. The predicted molar refractivity (Wildman–Crippen MR) is 150 cm³/mol. The maximum Gasteiger partial charge on any atom is 0.261 e. The van der Waals surface area contributed by atoms with Crippen molar-refractivity contribution in [1.29, 1.82) is 0 Å².